The Labute approximate surface area is 122 Å². The predicted octanol–water partition coefficient (Wildman–Crippen LogP) is 2.09. The maximum Gasteiger partial charge on any atom is 0.258 e. The number of H-pyrrole nitrogens is 1. The number of aromatic amines is 1. The van der Waals surface area contributed by atoms with Crippen LogP contribution >= 0.6 is 11.6 Å². The molecular formula is C14H18ClN3O2. The molecule has 0 aliphatic heterocycles. The molecule has 0 spiro atoms. The zero-order valence-electron chi connectivity index (χ0n) is 11.4. The Kier molecular flexibility index (Phi) is 5.52. The van der Waals surface area contributed by atoms with Crippen molar-refractivity contribution in [2.75, 3.05) is 20.3 Å². The fourth-order valence-electron chi connectivity index (χ4n) is 1.95. The topological polar surface area (TPSA) is 67.0 Å². The summed E-state index contributed by atoms with van der Waals surface area (Å²) < 4.78 is 4.98. The summed E-state index contributed by atoms with van der Waals surface area (Å²) >= 11 is 5.92. The summed E-state index contributed by atoms with van der Waals surface area (Å²) in [4.78, 5) is 19.1. The van der Waals surface area contributed by atoms with Crippen molar-refractivity contribution in [1.29, 1.82) is 0 Å². The van der Waals surface area contributed by atoms with Gasteiger partial charge in [0.2, 0.25) is 0 Å². The molecule has 0 atom stereocenters. The minimum absolute atomic E-state index is 0.136. The average molecular weight is 296 g/mol. The van der Waals surface area contributed by atoms with Crippen LogP contribution in [0.2, 0.25) is 5.02 Å². The summed E-state index contributed by atoms with van der Waals surface area (Å²) in [5.74, 6) is 0.622. The summed E-state index contributed by atoms with van der Waals surface area (Å²) in [7, 11) is 1.70. The van der Waals surface area contributed by atoms with Crippen LogP contribution in [0.3, 0.4) is 0 Å². The first-order valence-corrected chi connectivity index (χ1v) is 6.96. The molecule has 1 aromatic carbocycles. The van der Waals surface area contributed by atoms with Crippen LogP contribution < -0.4 is 10.9 Å². The SMILES string of the molecule is COCCCCNCc1nc2cc(Cl)ccc2c(=O)[nH]1. The molecule has 108 valence electrons. The number of benzene rings is 1. The van der Waals surface area contributed by atoms with Gasteiger partial charge in [-0.05, 0) is 37.6 Å². The van der Waals surface area contributed by atoms with Gasteiger partial charge in [0.15, 0.2) is 0 Å². The molecule has 0 aliphatic rings. The molecule has 2 N–H and O–H groups in total. The third-order valence-corrected chi connectivity index (χ3v) is 3.20. The molecule has 2 aromatic rings. The van der Waals surface area contributed by atoms with Gasteiger partial charge in [-0.3, -0.25) is 4.79 Å². The Balaban J connectivity index is 1.98. The molecule has 0 saturated heterocycles. The standard InChI is InChI=1S/C14H18ClN3O2/c1-20-7-3-2-6-16-9-13-17-12-8-10(15)4-5-11(12)14(19)18-13/h4-5,8,16H,2-3,6-7,9H2,1H3,(H,17,18,19). The molecule has 1 heterocycles. The van der Waals surface area contributed by atoms with Crippen LogP contribution in [-0.4, -0.2) is 30.2 Å². The van der Waals surface area contributed by atoms with Crippen molar-refractivity contribution in [2.45, 2.75) is 19.4 Å². The number of ether oxygens (including phenoxy) is 1. The number of fused-ring (bicyclic) bond motifs is 1. The number of aromatic nitrogens is 2. The number of unbranched alkanes of at least 4 members (excludes halogenated alkanes) is 1. The normalized spacial score (nSPS) is 11.1. The maximum absolute atomic E-state index is 11.9. The average Bonchev–Trinajstić information content (AvgIpc) is 2.42. The lowest BCUT2D eigenvalue weighted by molar-refractivity contribution is 0.192. The van der Waals surface area contributed by atoms with Crippen molar-refractivity contribution < 1.29 is 4.74 Å². The number of halogens is 1. The van der Waals surface area contributed by atoms with Gasteiger partial charge in [0, 0.05) is 18.7 Å². The molecule has 0 unspecified atom stereocenters. The molecule has 1 aromatic heterocycles. The Morgan fingerprint density at radius 2 is 2.25 bits per heavy atom. The molecule has 6 heteroatoms. The molecule has 0 fully saturated rings. The van der Waals surface area contributed by atoms with Crippen LogP contribution in [0.4, 0.5) is 0 Å². The lowest BCUT2D eigenvalue weighted by atomic mass is 10.2. The number of hydrogen-bond acceptors (Lipinski definition) is 4. The third-order valence-electron chi connectivity index (χ3n) is 2.96. The Morgan fingerprint density at radius 1 is 1.40 bits per heavy atom. The second-order valence-corrected chi connectivity index (χ2v) is 4.99. The highest BCUT2D eigenvalue weighted by Gasteiger charge is 2.04. The van der Waals surface area contributed by atoms with Gasteiger partial charge in [0.05, 0.1) is 17.4 Å². The van der Waals surface area contributed by atoms with E-state index in [4.69, 9.17) is 16.3 Å². The number of hydrogen-bond donors (Lipinski definition) is 2. The van der Waals surface area contributed by atoms with E-state index in [1.807, 2.05) is 0 Å². The highest BCUT2D eigenvalue weighted by atomic mass is 35.5. The van der Waals surface area contributed by atoms with E-state index >= 15 is 0 Å². The molecule has 0 saturated carbocycles. The van der Waals surface area contributed by atoms with Crippen LogP contribution in [0.1, 0.15) is 18.7 Å². The number of nitrogens with one attached hydrogen (secondary N) is 2. The predicted molar refractivity (Wildman–Crippen MR) is 80.2 cm³/mol. The van der Waals surface area contributed by atoms with Crippen LogP contribution in [0.25, 0.3) is 10.9 Å². The van der Waals surface area contributed by atoms with E-state index in [9.17, 15) is 4.79 Å². The minimum atomic E-state index is -0.136. The zero-order chi connectivity index (χ0) is 14.4. The van der Waals surface area contributed by atoms with Gasteiger partial charge in [-0.2, -0.15) is 0 Å². The van der Waals surface area contributed by atoms with E-state index in [2.05, 4.69) is 15.3 Å². The van der Waals surface area contributed by atoms with E-state index in [0.717, 1.165) is 26.0 Å². The van der Waals surface area contributed by atoms with Crippen molar-refractivity contribution in [3.63, 3.8) is 0 Å². The second-order valence-electron chi connectivity index (χ2n) is 4.55. The van der Waals surface area contributed by atoms with Crippen LogP contribution in [0.15, 0.2) is 23.0 Å². The van der Waals surface area contributed by atoms with E-state index < -0.39 is 0 Å². The number of nitrogens with zero attached hydrogens (tertiary/aromatic N) is 1. The fraction of sp³-hybridized carbons (Fsp3) is 0.429. The molecule has 2 rings (SSSR count). The Hall–Kier alpha value is -1.43. The van der Waals surface area contributed by atoms with Gasteiger partial charge in [-0.15, -0.1) is 0 Å². The van der Waals surface area contributed by atoms with Gasteiger partial charge >= 0.3 is 0 Å². The summed E-state index contributed by atoms with van der Waals surface area (Å²) in [6.45, 7) is 2.16. The molecule has 0 bridgehead atoms. The van der Waals surface area contributed by atoms with Crippen molar-refractivity contribution >= 4 is 22.5 Å². The molecular weight excluding hydrogens is 278 g/mol. The van der Waals surface area contributed by atoms with Gasteiger partial charge < -0.3 is 15.0 Å². The van der Waals surface area contributed by atoms with Crippen molar-refractivity contribution in [3.05, 3.63) is 39.4 Å². The van der Waals surface area contributed by atoms with E-state index in [1.54, 1.807) is 25.3 Å². The number of rotatable bonds is 7. The van der Waals surface area contributed by atoms with Crippen molar-refractivity contribution in [1.82, 2.24) is 15.3 Å². The first kappa shape index (κ1) is 15.0. The molecule has 0 amide bonds. The molecule has 0 aliphatic carbocycles. The third kappa shape index (κ3) is 4.03. The number of methoxy groups -OCH3 is 1. The summed E-state index contributed by atoms with van der Waals surface area (Å²) in [5.41, 5.74) is 0.486. The largest absolute Gasteiger partial charge is 0.385 e. The first-order chi connectivity index (χ1) is 9.70. The lowest BCUT2D eigenvalue weighted by Gasteiger charge is -2.05. The smallest absolute Gasteiger partial charge is 0.258 e. The monoisotopic (exact) mass is 295 g/mol. The van der Waals surface area contributed by atoms with Crippen molar-refractivity contribution in [3.8, 4) is 0 Å². The van der Waals surface area contributed by atoms with Gasteiger partial charge in [-0.1, -0.05) is 11.6 Å². The minimum Gasteiger partial charge on any atom is -0.385 e. The van der Waals surface area contributed by atoms with E-state index in [-0.39, 0.29) is 5.56 Å². The lowest BCUT2D eigenvalue weighted by Crippen LogP contribution is -2.20. The van der Waals surface area contributed by atoms with Crippen LogP contribution in [0.5, 0.6) is 0 Å². The fourth-order valence-corrected chi connectivity index (χ4v) is 2.11. The zero-order valence-corrected chi connectivity index (χ0v) is 12.2. The van der Waals surface area contributed by atoms with E-state index in [1.165, 1.54) is 0 Å². The molecule has 0 radical (unpaired) electrons. The first-order valence-electron chi connectivity index (χ1n) is 6.59. The second kappa shape index (κ2) is 7.38. The van der Waals surface area contributed by atoms with E-state index in [0.29, 0.717) is 28.3 Å². The summed E-state index contributed by atoms with van der Waals surface area (Å²) in [6, 6.07) is 5.08. The van der Waals surface area contributed by atoms with Gasteiger partial charge in [0.25, 0.3) is 5.56 Å². The highest BCUT2D eigenvalue weighted by Crippen LogP contribution is 2.14. The van der Waals surface area contributed by atoms with Gasteiger partial charge in [-0.25, -0.2) is 4.98 Å². The van der Waals surface area contributed by atoms with Crippen LogP contribution in [0, 0.1) is 0 Å². The Bertz CT molecular complexity index is 627. The summed E-state index contributed by atoms with van der Waals surface area (Å²) in [5, 5.41) is 4.38. The van der Waals surface area contributed by atoms with Crippen LogP contribution in [-0.2, 0) is 11.3 Å². The molecule has 5 nitrogen and oxygen atoms in total. The Morgan fingerprint density at radius 3 is 3.05 bits per heavy atom. The summed E-state index contributed by atoms with van der Waals surface area (Å²) in [6.07, 6.45) is 2.04. The van der Waals surface area contributed by atoms with Gasteiger partial charge in [0.1, 0.15) is 5.82 Å². The quantitative estimate of drug-likeness (QED) is 0.768. The maximum atomic E-state index is 11.9. The van der Waals surface area contributed by atoms with Crippen molar-refractivity contribution in [2.24, 2.45) is 0 Å². The molecule has 20 heavy (non-hydrogen) atoms. The highest BCUT2D eigenvalue weighted by molar-refractivity contribution is 6.31.